The Hall–Kier alpha value is -1.19. The molecule has 0 bridgehead atoms. The third kappa shape index (κ3) is 3.38. The fraction of sp³-hybridized carbons (Fsp3) is 0.286. The standard InChI is InChI=1S/C14H16FNS/c1-11-7-8-17-14(11)10-16(2)9-12-3-5-13(15)6-4-12/h3-8H,9-10H2,1-2H3. The topological polar surface area (TPSA) is 3.24 Å². The number of halogens is 1. The zero-order valence-corrected chi connectivity index (χ0v) is 10.9. The van der Waals surface area contributed by atoms with Crippen LogP contribution < -0.4 is 0 Å². The normalized spacial score (nSPS) is 11.1. The lowest BCUT2D eigenvalue weighted by Crippen LogP contribution is -2.16. The first-order valence-corrected chi connectivity index (χ1v) is 6.49. The minimum Gasteiger partial charge on any atom is -0.297 e. The van der Waals surface area contributed by atoms with Crippen LogP contribution in [0.3, 0.4) is 0 Å². The highest BCUT2D eigenvalue weighted by Crippen LogP contribution is 2.18. The van der Waals surface area contributed by atoms with Gasteiger partial charge in [-0.3, -0.25) is 4.90 Å². The first-order valence-electron chi connectivity index (χ1n) is 5.61. The molecule has 0 aliphatic heterocycles. The van der Waals surface area contributed by atoms with Gasteiger partial charge < -0.3 is 0 Å². The molecule has 0 saturated heterocycles. The number of hydrogen-bond acceptors (Lipinski definition) is 2. The van der Waals surface area contributed by atoms with E-state index in [1.807, 2.05) is 12.1 Å². The van der Waals surface area contributed by atoms with Gasteiger partial charge in [0.15, 0.2) is 0 Å². The van der Waals surface area contributed by atoms with Gasteiger partial charge in [0.25, 0.3) is 0 Å². The van der Waals surface area contributed by atoms with Crippen LogP contribution in [-0.4, -0.2) is 11.9 Å². The molecule has 0 spiro atoms. The number of rotatable bonds is 4. The van der Waals surface area contributed by atoms with Gasteiger partial charge in [-0.2, -0.15) is 0 Å². The van der Waals surface area contributed by atoms with Gasteiger partial charge in [-0.25, -0.2) is 4.39 Å². The average molecular weight is 249 g/mol. The molecule has 2 rings (SSSR count). The summed E-state index contributed by atoms with van der Waals surface area (Å²) >= 11 is 1.79. The summed E-state index contributed by atoms with van der Waals surface area (Å²) in [6.07, 6.45) is 0. The van der Waals surface area contributed by atoms with E-state index < -0.39 is 0 Å². The van der Waals surface area contributed by atoms with Gasteiger partial charge in [-0.1, -0.05) is 12.1 Å². The second-order valence-corrected chi connectivity index (χ2v) is 5.33. The Kier molecular flexibility index (Phi) is 3.92. The van der Waals surface area contributed by atoms with Crippen LogP contribution in [-0.2, 0) is 13.1 Å². The maximum absolute atomic E-state index is 12.8. The van der Waals surface area contributed by atoms with Crippen LogP contribution in [0.15, 0.2) is 35.7 Å². The number of thiophene rings is 1. The van der Waals surface area contributed by atoms with Gasteiger partial charge >= 0.3 is 0 Å². The van der Waals surface area contributed by atoms with Crippen LogP contribution in [0.4, 0.5) is 4.39 Å². The lowest BCUT2D eigenvalue weighted by atomic mass is 10.2. The van der Waals surface area contributed by atoms with Crippen LogP contribution >= 0.6 is 11.3 Å². The van der Waals surface area contributed by atoms with E-state index in [1.165, 1.54) is 22.6 Å². The second kappa shape index (κ2) is 5.43. The molecule has 0 amide bonds. The number of aryl methyl sites for hydroxylation is 1. The van der Waals surface area contributed by atoms with E-state index in [2.05, 4.69) is 30.3 Å². The third-order valence-corrected chi connectivity index (χ3v) is 3.76. The highest BCUT2D eigenvalue weighted by Gasteiger charge is 2.05. The van der Waals surface area contributed by atoms with Crippen molar-refractivity contribution in [2.45, 2.75) is 20.0 Å². The van der Waals surface area contributed by atoms with Gasteiger partial charge in [-0.15, -0.1) is 11.3 Å². The molecule has 0 N–H and O–H groups in total. The monoisotopic (exact) mass is 249 g/mol. The maximum Gasteiger partial charge on any atom is 0.123 e. The number of benzene rings is 1. The van der Waals surface area contributed by atoms with Crippen molar-refractivity contribution in [3.05, 3.63) is 57.5 Å². The Bertz CT molecular complexity index is 475. The van der Waals surface area contributed by atoms with Gasteiger partial charge in [0.1, 0.15) is 5.82 Å². The molecule has 0 fully saturated rings. The van der Waals surface area contributed by atoms with Crippen LogP contribution in [0.2, 0.25) is 0 Å². The summed E-state index contributed by atoms with van der Waals surface area (Å²) in [6, 6.07) is 8.85. The van der Waals surface area contributed by atoms with Crippen molar-refractivity contribution in [1.82, 2.24) is 4.90 Å². The van der Waals surface area contributed by atoms with E-state index in [0.29, 0.717) is 0 Å². The minimum absolute atomic E-state index is 0.175. The molecule has 1 aromatic carbocycles. The van der Waals surface area contributed by atoms with Crippen molar-refractivity contribution >= 4 is 11.3 Å². The Morgan fingerprint density at radius 1 is 1.12 bits per heavy atom. The Morgan fingerprint density at radius 2 is 1.82 bits per heavy atom. The van der Waals surface area contributed by atoms with E-state index in [0.717, 1.165) is 18.7 Å². The molecule has 0 saturated carbocycles. The summed E-state index contributed by atoms with van der Waals surface area (Å²) in [7, 11) is 2.09. The summed E-state index contributed by atoms with van der Waals surface area (Å²) in [4.78, 5) is 3.64. The second-order valence-electron chi connectivity index (χ2n) is 4.33. The number of hydrogen-bond donors (Lipinski definition) is 0. The molecular weight excluding hydrogens is 233 g/mol. The van der Waals surface area contributed by atoms with Crippen molar-refractivity contribution in [3.63, 3.8) is 0 Å². The molecule has 90 valence electrons. The van der Waals surface area contributed by atoms with Gasteiger partial charge in [0.2, 0.25) is 0 Å². The third-order valence-electron chi connectivity index (χ3n) is 2.75. The highest BCUT2D eigenvalue weighted by atomic mass is 32.1. The molecule has 0 atom stereocenters. The largest absolute Gasteiger partial charge is 0.297 e. The van der Waals surface area contributed by atoms with Crippen molar-refractivity contribution in [2.75, 3.05) is 7.05 Å². The fourth-order valence-electron chi connectivity index (χ4n) is 1.77. The fourth-order valence-corrected chi connectivity index (χ4v) is 2.75. The Labute approximate surface area is 106 Å². The van der Waals surface area contributed by atoms with Crippen LogP contribution in [0, 0.1) is 12.7 Å². The van der Waals surface area contributed by atoms with Gasteiger partial charge in [0, 0.05) is 18.0 Å². The Morgan fingerprint density at radius 3 is 2.41 bits per heavy atom. The quantitative estimate of drug-likeness (QED) is 0.796. The summed E-state index contributed by atoms with van der Waals surface area (Å²) in [5.41, 5.74) is 2.49. The van der Waals surface area contributed by atoms with Crippen LogP contribution in [0.1, 0.15) is 16.0 Å². The predicted molar refractivity (Wildman–Crippen MR) is 70.6 cm³/mol. The maximum atomic E-state index is 12.8. The zero-order valence-electron chi connectivity index (χ0n) is 10.1. The lowest BCUT2D eigenvalue weighted by Gasteiger charge is -2.16. The van der Waals surface area contributed by atoms with E-state index in [9.17, 15) is 4.39 Å². The molecular formula is C14H16FNS. The van der Waals surface area contributed by atoms with Crippen LogP contribution in [0.25, 0.3) is 0 Å². The van der Waals surface area contributed by atoms with Crippen molar-refractivity contribution < 1.29 is 4.39 Å². The summed E-state index contributed by atoms with van der Waals surface area (Å²) in [5, 5.41) is 2.12. The molecule has 1 aromatic heterocycles. The summed E-state index contributed by atoms with van der Waals surface area (Å²) in [5.74, 6) is -0.175. The molecule has 2 aromatic rings. The van der Waals surface area contributed by atoms with E-state index in [-0.39, 0.29) is 5.82 Å². The van der Waals surface area contributed by atoms with Gasteiger partial charge in [-0.05, 0) is 48.7 Å². The summed E-state index contributed by atoms with van der Waals surface area (Å²) in [6.45, 7) is 3.93. The van der Waals surface area contributed by atoms with E-state index in [4.69, 9.17) is 0 Å². The molecule has 1 nitrogen and oxygen atoms in total. The molecule has 0 aliphatic rings. The van der Waals surface area contributed by atoms with Crippen molar-refractivity contribution in [3.8, 4) is 0 Å². The highest BCUT2D eigenvalue weighted by molar-refractivity contribution is 7.10. The molecule has 17 heavy (non-hydrogen) atoms. The Balaban J connectivity index is 1.95. The molecule has 0 unspecified atom stereocenters. The molecule has 0 radical (unpaired) electrons. The smallest absolute Gasteiger partial charge is 0.123 e. The summed E-state index contributed by atoms with van der Waals surface area (Å²) < 4.78 is 12.8. The van der Waals surface area contributed by atoms with E-state index >= 15 is 0 Å². The number of nitrogens with zero attached hydrogens (tertiary/aromatic N) is 1. The molecule has 3 heteroatoms. The van der Waals surface area contributed by atoms with Crippen molar-refractivity contribution in [2.24, 2.45) is 0 Å². The first kappa shape index (κ1) is 12.3. The van der Waals surface area contributed by atoms with Gasteiger partial charge in [0.05, 0.1) is 0 Å². The van der Waals surface area contributed by atoms with E-state index in [1.54, 1.807) is 11.3 Å². The predicted octanol–water partition coefficient (Wildman–Crippen LogP) is 3.83. The average Bonchev–Trinajstić information content (AvgIpc) is 2.68. The lowest BCUT2D eigenvalue weighted by molar-refractivity contribution is 0.321. The van der Waals surface area contributed by atoms with Crippen molar-refractivity contribution in [1.29, 1.82) is 0 Å². The SMILES string of the molecule is Cc1ccsc1CN(C)Cc1ccc(F)cc1. The molecule has 1 heterocycles. The molecule has 0 aliphatic carbocycles. The first-order chi connectivity index (χ1) is 8.15. The zero-order chi connectivity index (χ0) is 12.3. The van der Waals surface area contributed by atoms with Crippen LogP contribution in [0.5, 0.6) is 0 Å². The minimum atomic E-state index is -0.175.